The first kappa shape index (κ1) is 25.4. The molecule has 4 bridgehead atoms. The Bertz CT molecular complexity index is 989. The van der Waals surface area contributed by atoms with Gasteiger partial charge in [0.2, 0.25) is 0 Å². The maximum absolute atomic E-state index is 12.8. The van der Waals surface area contributed by atoms with Crippen molar-refractivity contribution in [2.24, 2.45) is 0 Å². The Labute approximate surface area is 192 Å². The molecule has 0 N–H and O–H groups in total. The van der Waals surface area contributed by atoms with Gasteiger partial charge in [-0.3, -0.25) is 9.59 Å². The summed E-state index contributed by atoms with van der Waals surface area (Å²) in [6, 6.07) is -8.55. The van der Waals surface area contributed by atoms with Gasteiger partial charge in [0.1, 0.15) is 12.1 Å². The number of hydrogen-bond donors (Lipinski definition) is 0. The number of urea groups is 2. The van der Waals surface area contributed by atoms with Gasteiger partial charge in [-0.05, 0) is 25.7 Å². The number of Topliss-reactive ketones (excluding diaryl/α,β-unsaturated/α-hetero) is 2. The summed E-state index contributed by atoms with van der Waals surface area (Å²) in [6.45, 7) is -0.887. The Morgan fingerprint density at radius 3 is 1.37 bits per heavy atom. The molecule has 19 heteroatoms. The van der Waals surface area contributed by atoms with Crippen molar-refractivity contribution in [3.63, 3.8) is 0 Å². The third kappa shape index (κ3) is 4.51. The SMILES string of the molecule is O=C1N2CC(CCC2C(=O)C(F)(F)F)N1OS(=O)(=O)ON1C(=O)N2CC1CCC2C(=O)C(F)(F)F. The largest absolute Gasteiger partial charge is 0.452 e. The van der Waals surface area contributed by atoms with Gasteiger partial charge in [-0.15, -0.1) is 8.57 Å². The van der Waals surface area contributed by atoms with Gasteiger partial charge in [0.05, 0.1) is 12.1 Å². The van der Waals surface area contributed by atoms with Crippen LogP contribution in [0.2, 0.25) is 0 Å². The lowest BCUT2D eigenvalue weighted by Crippen LogP contribution is -2.49. The molecular weight excluding hydrogens is 522 g/mol. The molecule has 4 unspecified atom stereocenters. The first-order chi connectivity index (χ1) is 16.0. The average molecular weight is 538 g/mol. The second-order valence-electron chi connectivity index (χ2n) is 8.30. The molecule has 0 aromatic rings. The quantitative estimate of drug-likeness (QED) is 0.456. The van der Waals surface area contributed by atoms with Gasteiger partial charge in [0.25, 0.3) is 11.6 Å². The van der Waals surface area contributed by atoms with Crippen molar-refractivity contribution in [3.8, 4) is 0 Å². The van der Waals surface area contributed by atoms with Crippen molar-refractivity contribution in [1.82, 2.24) is 19.9 Å². The van der Waals surface area contributed by atoms with Crippen LogP contribution in [0.1, 0.15) is 25.7 Å². The molecule has 4 rings (SSSR count). The van der Waals surface area contributed by atoms with Crippen molar-refractivity contribution in [3.05, 3.63) is 0 Å². The maximum atomic E-state index is 12.8. The van der Waals surface area contributed by atoms with E-state index in [9.17, 15) is 53.9 Å². The van der Waals surface area contributed by atoms with E-state index < -0.39 is 96.5 Å². The summed E-state index contributed by atoms with van der Waals surface area (Å²) in [5.41, 5.74) is 0. The number of halogens is 6. The fraction of sp³-hybridized carbons (Fsp3) is 0.750. The normalized spacial score (nSPS) is 29.3. The summed E-state index contributed by atoms with van der Waals surface area (Å²) in [5.74, 6) is -4.37. The van der Waals surface area contributed by atoms with Gasteiger partial charge >= 0.3 is 34.8 Å². The van der Waals surface area contributed by atoms with E-state index in [4.69, 9.17) is 0 Å². The van der Waals surface area contributed by atoms with E-state index in [-0.39, 0.29) is 23.0 Å². The lowest BCUT2D eigenvalue weighted by atomic mass is 9.97. The number of fused-ring (bicyclic) bond motifs is 4. The first-order valence-electron chi connectivity index (χ1n) is 10.1. The highest BCUT2D eigenvalue weighted by atomic mass is 32.3. The molecule has 0 spiro atoms. The molecule has 4 aliphatic heterocycles. The highest BCUT2D eigenvalue weighted by molar-refractivity contribution is 7.81. The third-order valence-electron chi connectivity index (χ3n) is 6.15. The lowest BCUT2D eigenvalue weighted by molar-refractivity contribution is -0.176. The minimum Gasteiger partial charge on any atom is -0.310 e. The molecule has 35 heavy (non-hydrogen) atoms. The fourth-order valence-electron chi connectivity index (χ4n) is 4.59. The van der Waals surface area contributed by atoms with E-state index in [0.29, 0.717) is 9.80 Å². The predicted octanol–water partition coefficient (Wildman–Crippen LogP) is 0.894. The van der Waals surface area contributed by atoms with Crippen molar-refractivity contribution < 1.29 is 62.5 Å². The number of carbonyl (C=O) groups excluding carboxylic acids is 4. The van der Waals surface area contributed by atoms with Crippen LogP contribution in [0.15, 0.2) is 0 Å². The number of rotatable bonds is 6. The van der Waals surface area contributed by atoms with E-state index in [2.05, 4.69) is 8.57 Å². The Kier molecular flexibility index (Phi) is 5.95. The molecule has 4 amide bonds. The average Bonchev–Trinajstić information content (AvgIpc) is 3.12. The van der Waals surface area contributed by atoms with Crippen molar-refractivity contribution >= 4 is 34.0 Å². The van der Waals surface area contributed by atoms with E-state index >= 15 is 0 Å². The van der Waals surface area contributed by atoms with Gasteiger partial charge in [-0.25, -0.2) is 9.59 Å². The smallest absolute Gasteiger partial charge is 0.310 e. The van der Waals surface area contributed by atoms with Crippen molar-refractivity contribution in [2.75, 3.05) is 13.1 Å². The zero-order chi connectivity index (χ0) is 26.1. The minimum atomic E-state index is -5.28. The molecule has 0 aromatic heterocycles. The molecule has 4 aliphatic rings. The zero-order valence-corrected chi connectivity index (χ0v) is 18.1. The van der Waals surface area contributed by atoms with Crippen LogP contribution in [0.3, 0.4) is 0 Å². The molecule has 196 valence electrons. The van der Waals surface area contributed by atoms with Crippen LogP contribution in [-0.4, -0.2) is 102 Å². The van der Waals surface area contributed by atoms with Gasteiger partial charge < -0.3 is 9.80 Å². The molecular formula is C16H16F6N4O8S. The van der Waals surface area contributed by atoms with Gasteiger partial charge in [-0.1, -0.05) is 0 Å². The molecule has 0 radical (unpaired) electrons. The van der Waals surface area contributed by atoms with Gasteiger partial charge in [0.15, 0.2) is 0 Å². The van der Waals surface area contributed by atoms with Gasteiger partial charge in [-0.2, -0.15) is 44.9 Å². The van der Waals surface area contributed by atoms with Crippen LogP contribution in [0, 0.1) is 0 Å². The minimum absolute atomic E-state index is 0.210. The number of ketones is 2. The van der Waals surface area contributed by atoms with Crippen LogP contribution in [0.4, 0.5) is 35.9 Å². The van der Waals surface area contributed by atoms with Crippen LogP contribution >= 0.6 is 0 Å². The maximum Gasteiger partial charge on any atom is 0.452 e. The predicted molar refractivity (Wildman–Crippen MR) is 94.7 cm³/mol. The lowest BCUT2D eigenvalue weighted by Gasteiger charge is -2.29. The Morgan fingerprint density at radius 2 is 1.06 bits per heavy atom. The molecule has 4 heterocycles. The van der Waals surface area contributed by atoms with E-state index in [1.807, 2.05) is 0 Å². The number of carbonyl (C=O) groups is 4. The van der Waals surface area contributed by atoms with Crippen LogP contribution < -0.4 is 0 Å². The summed E-state index contributed by atoms with van der Waals surface area (Å²) in [7, 11) is -5.28. The zero-order valence-electron chi connectivity index (χ0n) is 17.3. The van der Waals surface area contributed by atoms with E-state index in [1.165, 1.54) is 0 Å². The number of nitrogens with zero attached hydrogens (tertiary/aromatic N) is 4. The molecule has 12 nitrogen and oxygen atoms in total. The second-order valence-corrected chi connectivity index (χ2v) is 9.41. The second kappa shape index (κ2) is 8.19. The summed E-state index contributed by atoms with van der Waals surface area (Å²) >= 11 is 0. The molecule has 0 aliphatic carbocycles. The summed E-state index contributed by atoms with van der Waals surface area (Å²) in [5, 5.41) is 0.421. The topological polar surface area (TPSA) is 134 Å². The number of hydroxylamine groups is 4. The monoisotopic (exact) mass is 538 g/mol. The van der Waals surface area contributed by atoms with Crippen molar-refractivity contribution in [2.45, 2.75) is 62.2 Å². The molecule has 0 aromatic carbocycles. The first-order valence-corrected chi connectivity index (χ1v) is 11.4. The van der Waals surface area contributed by atoms with Crippen molar-refractivity contribution in [1.29, 1.82) is 0 Å². The summed E-state index contributed by atoms with van der Waals surface area (Å²) in [4.78, 5) is 49.1. The van der Waals surface area contributed by atoms with Gasteiger partial charge in [0, 0.05) is 13.1 Å². The Morgan fingerprint density at radius 1 is 0.714 bits per heavy atom. The summed E-state index contributed by atoms with van der Waals surface area (Å²) < 4.78 is 111. The van der Waals surface area contributed by atoms with Crippen LogP contribution in [0.25, 0.3) is 0 Å². The molecule has 4 saturated heterocycles. The number of hydrogen-bond acceptors (Lipinski definition) is 8. The van der Waals surface area contributed by atoms with E-state index in [1.54, 1.807) is 0 Å². The highest BCUT2D eigenvalue weighted by Gasteiger charge is 2.57. The Balaban J connectivity index is 1.44. The summed E-state index contributed by atoms with van der Waals surface area (Å²) in [6.07, 6.45) is -11.7. The molecule has 0 saturated carbocycles. The molecule has 4 fully saturated rings. The van der Waals surface area contributed by atoms with Crippen LogP contribution in [0.5, 0.6) is 0 Å². The van der Waals surface area contributed by atoms with Crippen LogP contribution in [-0.2, 0) is 28.6 Å². The molecule has 4 atom stereocenters. The standard InChI is InChI=1S/C16H16F6N4O8S/c17-15(18,19)11(27)9-3-1-7-5-23(9)13(29)25(7)33-35(31,32)34-26-8-2-4-10(12(28)16(20,21)22)24(6-8)14(26)30/h7-10H,1-6H2. The number of amides is 4. The number of alkyl halides is 6. The van der Waals surface area contributed by atoms with E-state index in [0.717, 1.165) is 0 Å². The third-order valence-corrected chi connectivity index (χ3v) is 6.84. The Hall–Kier alpha value is -2.67. The highest BCUT2D eigenvalue weighted by Crippen LogP contribution is 2.36. The number of piperidine rings is 2. The fourth-order valence-corrected chi connectivity index (χ4v) is 5.38.